The van der Waals surface area contributed by atoms with Crippen molar-refractivity contribution in [3.05, 3.63) is 6.33 Å². The predicted octanol–water partition coefficient (Wildman–Crippen LogP) is 2.32. The molecule has 7 nitrogen and oxygen atoms in total. The van der Waals surface area contributed by atoms with E-state index in [-0.39, 0.29) is 6.23 Å². The normalized spacial score (nSPS) is 19.0. The van der Waals surface area contributed by atoms with Crippen molar-refractivity contribution in [2.45, 2.75) is 45.3 Å². The summed E-state index contributed by atoms with van der Waals surface area (Å²) in [7, 11) is 0. The first-order valence-electron chi connectivity index (χ1n) is 7.65. The summed E-state index contributed by atoms with van der Waals surface area (Å²) >= 11 is 0. The van der Waals surface area contributed by atoms with Crippen LogP contribution < -0.4 is 11.1 Å². The Morgan fingerprint density at radius 3 is 3.10 bits per heavy atom. The van der Waals surface area contributed by atoms with Gasteiger partial charge in [0.05, 0.1) is 6.33 Å². The van der Waals surface area contributed by atoms with Crippen molar-refractivity contribution < 1.29 is 4.74 Å². The van der Waals surface area contributed by atoms with Crippen LogP contribution in [0.2, 0.25) is 0 Å². The van der Waals surface area contributed by atoms with E-state index >= 15 is 0 Å². The number of nitrogens with zero attached hydrogens (tertiary/aromatic N) is 4. The Balaban J connectivity index is 1.90. The minimum atomic E-state index is 0.00143. The number of imidazole rings is 1. The highest BCUT2D eigenvalue weighted by molar-refractivity contribution is 5.82. The lowest BCUT2D eigenvalue weighted by atomic mass is 10.2. The molecule has 3 N–H and O–H groups in total. The van der Waals surface area contributed by atoms with E-state index in [4.69, 9.17) is 10.5 Å². The smallest absolute Gasteiger partial charge is 0.226 e. The average molecular weight is 290 g/mol. The van der Waals surface area contributed by atoms with Gasteiger partial charge in [-0.1, -0.05) is 13.3 Å². The Morgan fingerprint density at radius 1 is 1.43 bits per heavy atom. The van der Waals surface area contributed by atoms with Crippen molar-refractivity contribution in [3.63, 3.8) is 0 Å². The molecule has 7 heteroatoms. The second-order valence-corrected chi connectivity index (χ2v) is 5.36. The SMILES string of the molecule is CCCCNc1nc(N)c2ncn(C3CCCCO3)c2n1. The van der Waals surface area contributed by atoms with E-state index in [1.54, 1.807) is 6.33 Å². The third-order valence-corrected chi connectivity index (χ3v) is 3.73. The van der Waals surface area contributed by atoms with Gasteiger partial charge >= 0.3 is 0 Å². The summed E-state index contributed by atoms with van der Waals surface area (Å²) < 4.78 is 7.78. The Morgan fingerprint density at radius 2 is 2.33 bits per heavy atom. The number of fused-ring (bicyclic) bond motifs is 1. The maximum Gasteiger partial charge on any atom is 0.226 e. The highest BCUT2D eigenvalue weighted by Crippen LogP contribution is 2.27. The Kier molecular flexibility index (Phi) is 4.19. The van der Waals surface area contributed by atoms with Gasteiger partial charge in [-0.15, -0.1) is 0 Å². The van der Waals surface area contributed by atoms with Crippen molar-refractivity contribution in [1.29, 1.82) is 0 Å². The van der Waals surface area contributed by atoms with Crippen LogP contribution in [0.15, 0.2) is 6.33 Å². The largest absolute Gasteiger partial charge is 0.382 e. The van der Waals surface area contributed by atoms with Crippen molar-refractivity contribution in [1.82, 2.24) is 19.5 Å². The molecule has 0 aliphatic carbocycles. The number of nitrogens with one attached hydrogen (secondary N) is 1. The second-order valence-electron chi connectivity index (χ2n) is 5.36. The highest BCUT2D eigenvalue weighted by Gasteiger charge is 2.20. The van der Waals surface area contributed by atoms with E-state index in [1.165, 1.54) is 0 Å². The van der Waals surface area contributed by atoms with Gasteiger partial charge in [0.1, 0.15) is 11.7 Å². The summed E-state index contributed by atoms with van der Waals surface area (Å²) in [6, 6.07) is 0. The van der Waals surface area contributed by atoms with E-state index < -0.39 is 0 Å². The molecule has 1 aliphatic heterocycles. The first-order valence-corrected chi connectivity index (χ1v) is 7.65. The number of hydrogen-bond acceptors (Lipinski definition) is 6. The van der Waals surface area contributed by atoms with Gasteiger partial charge in [-0.25, -0.2) is 4.98 Å². The quantitative estimate of drug-likeness (QED) is 0.821. The Labute approximate surface area is 123 Å². The number of nitrogens with two attached hydrogens (primary N) is 1. The van der Waals surface area contributed by atoms with Gasteiger partial charge in [-0.05, 0) is 25.7 Å². The molecule has 2 aromatic heterocycles. The summed E-state index contributed by atoms with van der Waals surface area (Å²) in [6.45, 7) is 3.78. The molecule has 114 valence electrons. The zero-order chi connectivity index (χ0) is 14.7. The van der Waals surface area contributed by atoms with Gasteiger partial charge in [-0.3, -0.25) is 4.57 Å². The van der Waals surface area contributed by atoms with Crippen LogP contribution in [0.5, 0.6) is 0 Å². The van der Waals surface area contributed by atoms with Gasteiger partial charge in [0.2, 0.25) is 5.95 Å². The lowest BCUT2D eigenvalue weighted by molar-refractivity contribution is -0.0298. The maximum atomic E-state index is 6.00. The summed E-state index contributed by atoms with van der Waals surface area (Å²) in [5.41, 5.74) is 7.38. The molecule has 0 aromatic carbocycles. The Hall–Kier alpha value is -1.89. The van der Waals surface area contributed by atoms with Crippen LogP contribution >= 0.6 is 0 Å². The van der Waals surface area contributed by atoms with E-state index in [0.29, 0.717) is 17.3 Å². The first-order chi connectivity index (χ1) is 10.3. The van der Waals surface area contributed by atoms with Gasteiger partial charge in [0.15, 0.2) is 11.5 Å². The third kappa shape index (κ3) is 2.92. The van der Waals surface area contributed by atoms with E-state index in [1.807, 2.05) is 4.57 Å². The van der Waals surface area contributed by atoms with Crippen LogP contribution in [-0.2, 0) is 4.74 Å². The number of rotatable bonds is 5. The number of hydrogen-bond donors (Lipinski definition) is 2. The van der Waals surface area contributed by atoms with Crippen molar-refractivity contribution >= 4 is 22.9 Å². The molecule has 1 saturated heterocycles. The van der Waals surface area contributed by atoms with Crippen molar-refractivity contribution in [2.75, 3.05) is 24.2 Å². The molecule has 1 aliphatic rings. The molecule has 0 bridgehead atoms. The molecule has 2 aromatic rings. The lowest BCUT2D eigenvalue weighted by Gasteiger charge is -2.23. The molecule has 0 amide bonds. The summed E-state index contributed by atoms with van der Waals surface area (Å²) in [4.78, 5) is 13.2. The third-order valence-electron chi connectivity index (χ3n) is 3.73. The molecule has 1 unspecified atom stereocenters. The molecule has 1 atom stereocenters. The lowest BCUT2D eigenvalue weighted by Crippen LogP contribution is -2.18. The Bertz CT molecular complexity index is 605. The summed E-state index contributed by atoms with van der Waals surface area (Å²) in [6.07, 6.45) is 7.21. The standard InChI is InChI=1S/C14H22N6O/c1-2-3-7-16-14-18-12(15)11-13(19-14)20(9-17-11)10-6-4-5-8-21-10/h9-10H,2-8H2,1H3,(H3,15,16,18,19). The molecule has 3 rings (SSSR count). The highest BCUT2D eigenvalue weighted by atomic mass is 16.5. The van der Waals surface area contributed by atoms with Crippen molar-refractivity contribution in [3.8, 4) is 0 Å². The summed E-state index contributed by atoms with van der Waals surface area (Å²) in [5.74, 6) is 0.972. The molecule has 21 heavy (non-hydrogen) atoms. The van der Waals surface area contributed by atoms with Gasteiger partial charge in [-0.2, -0.15) is 9.97 Å². The van der Waals surface area contributed by atoms with Crippen LogP contribution in [0.3, 0.4) is 0 Å². The fourth-order valence-electron chi connectivity index (χ4n) is 2.55. The molecule has 0 saturated carbocycles. The minimum Gasteiger partial charge on any atom is -0.382 e. The fraction of sp³-hybridized carbons (Fsp3) is 0.643. The van der Waals surface area contributed by atoms with E-state index in [0.717, 1.165) is 50.9 Å². The molecular weight excluding hydrogens is 268 g/mol. The fourth-order valence-corrected chi connectivity index (χ4v) is 2.55. The number of nitrogen functional groups attached to an aromatic ring is 1. The molecule has 3 heterocycles. The van der Waals surface area contributed by atoms with E-state index in [2.05, 4.69) is 27.2 Å². The number of unbranched alkanes of at least 4 members (excludes halogenated alkanes) is 1. The minimum absolute atomic E-state index is 0.00143. The zero-order valence-corrected chi connectivity index (χ0v) is 12.4. The summed E-state index contributed by atoms with van der Waals surface area (Å²) in [5, 5.41) is 3.21. The average Bonchev–Trinajstić information content (AvgIpc) is 2.93. The maximum absolute atomic E-state index is 6.00. The first kappa shape index (κ1) is 14.1. The van der Waals surface area contributed by atoms with Crippen LogP contribution in [0.4, 0.5) is 11.8 Å². The number of anilines is 2. The van der Waals surface area contributed by atoms with Crippen LogP contribution in [0, 0.1) is 0 Å². The van der Waals surface area contributed by atoms with E-state index in [9.17, 15) is 0 Å². The van der Waals surface area contributed by atoms with Crippen LogP contribution in [0.1, 0.15) is 45.3 Å². The second kappa shape index (κ2) is 6.26. The zero-order valence-electron chi connectivity index (χ0n) is 12.4. The molecule has 0 spiro atoms. The number of aromatic nitrogens is 4. The molecule has 0 radical (unpaired) electrons. The monoisotopic (exact) mass is 290 g/mol. The molecule has 1 fully saturated rings. The van der Waals surface area contributed by atoms with Gasteiger partial charge in [0.25, 0.3) is 0 Å². The van der Waals surface area contributed by atoms with Crippen LogP contribution in [0.25, 0.3) is 11.2 Å². The van der Waals surface area contributed by atoms with Crippen molar-refractivity contribution in [2.24, 2.45) is 0 Å². The van der Waals surface area contributed by atoms with Gasteiger partial charge in [0, 0.05) is 13.2 Å². The van der Waals surface area contributed by atoms with Crippen LogP contribution in [-0.4, -0.2) is 32.7 Å². The number of ether oxygens (including phenoxy) is 1. The van der Waals surface area contributed by atoms with Gasteiger partial charge < -0.3 is 15.8 Å². The predicted molar refractivity (Wildman–Crippen MR) is 82.0 cm³/mol. The topological polar surface area (TPSA) is 90.9 Å². The molecular formula is C14H22N6O.